The molecule has 134 valence electrons. The number of ether oxygens (including phenoxy) is 1. The summed E-state index contributed by atoms with van der Waals surface area (Å²) in [4.78, 5) is 8.70. The first-order chi connectivity index (χ1) is 11.2. The maximum atomic E-state index is 5.85. The number of aliphatic imine (C=N–C) groups is 1. The van der Waals surface area contributed by atoms with Crippen molar-refractivity contribution in [3.63, 3.8) is 0 Å². The second-order valence-corrected chi connectivity index (χ2v) is 8.48. The highest BCUT2D eigenvalue weighted by Gasteiger charge is 2.59. The molecule has 6 heteroatoms. The standard InChI is InChI=1S/C18H30N4O2/c1-17(2,3)12-9-20-13(24-12)10-21-16(19-6)22-14-11-7-8-23-15(11)18(14,4)5/h9,11,14-15H,7-8,10H2,1-6H3,(H2,19,21,22). The third-order valence-corrected chi connectivity index (χ3v) is 5.32. The van der Waals surface area contributed by atoms with E-state index in [1.54, 1.807) is 7.05 Å². The largest absolute Gasteiger partial charge is 0.443 e. The molecule has 6 nitrogen and oxygen atoms in total. The number of nitrogens with one attached hydrogen (secondary N) is 2. The quantitative estimate of drug-likeness (QED) is 0.656. The highest BCUT2D eigenvalue weighted by atomic mass is 16.5. The number of fused-ring (bicyclic) bond motifs is 1. The third-order valence-electron chi connectivity index (χ3n) is 5.32. The highest BCUT2D eigenvalue weighted by Crippen LogP contribution is 2.52. The third kappa shape index (κ3) is 3.04. The Labute approximate surface area is 144 Å². The van der Waals surface area contributed by atoms with Gasteiger partial charge in [-0.3, -0.25) is 4.99 Å². The van der Waals surface area contributed by atoms with E-state index < -0.39 is 0 Å². The van der Waals surface area contributed by atoms with Crippen LogP contribution in [0.3, 0.4) is 0 Å². The van der Waals surface area contributed by atoms with Crippen molar-refractivity contribution in [1.29, 1.82) is 0 Å². The fourth-order valence-electron chi connectivity index (χ4n) is 3.86. The molecular formula is C18H30N4O2. The van der Waals surface area contributed by atoms with Gasteiger partial charge in [-0.15, -0.1) is 0 Å². The topological polar surface area (TPSA) is 71.7 Å². The SMILES string of the molecule is CN=C(NCc1ncc(C(C)(C)C)o1)NC1C2CCOC2C1(C)C. The molecule has 2 fully saturated rings. The van der Waals surface area contributed by atoms with Crippen molar-refractivity contribution in [3.05, 3.63) is 17.8 Å². The Morgan fingerprint density at radius 1 is 1.42 bits per heavy atom. The molecule has 3 atom stereocenters. The maximum absolute atomic E-state index is 5.85. The van der Waals surface area contributed by atoms with Crippen LogP contribution in [0.2, 0.25) is 0 Å². The number of nitrogens with zero attached hydrogens (tertiary/aromatic N) is 2. The minimum Gasteiger partial charge on any atom is -0.443 e. The molecule has 1 saturated carbocycles. The number of oxazole rings is 1. The summed E-state index contributed by atoms with van der Waals surface area (Å²) in [6, 6.07) is 0.380. The van der Waals surface area contributed by atoms with Crippen LogP contribution in [0.1, 0.15) is 52.7 Å². The van der Waals surface area contributed by atoms with Crippen molar-refractivity contribution < 1.29 is 9.15 Å². The fourth-order valence-corrected chi connectivity index (χ4v) is 3.86. The Morgan fingerprint density at radius 3 is 2.79 bits per heavy atom. The van der Waals surface area contributed by atoms with Gasteiger partial charge in [-0.25, -0.2) is 4.98 Å². The average molecular weight is 334 g/mol. The Bertz CT molecular complexity index is 615. The number of hydrogen-bond donors (Lipinski definition) is 2. The van der Waals surface area contributed by atoms with Crippen LogP contribution in [0.25, 0.3) is 0 Å². The molecule has 1 saturated heterocycles. The van der Waals surface area contributed by atoms with Gasteiger partial charge in [-0.05, 0) is 6.42 Å². The zero-order chi connectivity index (χ0) is 17.5. The molecule has 1 aromatic rings. The lowest BCUT2D eigenvalue weighted by Gasteiger charge is -2.54. The normalized spacial score (nSPS) is 29.1. The van der Waals surface area contributed by atoms with E-state index >= 15 is 0 Å². The van der Waals surface area contributed by atoms with E-state index in [-0.39, 0.29) is 10.8 Å². The van der Waals surface area contributed by atoms with Gasteiger partial charge < -0.3 is 19.8 Å². The molecular weight excluding hydrogens is 304 g/mol. The van der Waals surface area contributed by atoms with Gasteiger partial charge in [-0.1, -0.05) is 34.6 Å². The van der Waals surface area contributed by atoms with Gasteiger partial charge in [0.2, 0.25) is 5.89 Å². The van der Waals surface area contributed by atoms with E-state index in [2.05, 4.69) is 55.2 Å². The molecule has 2 heterocycles. The first-order valence-corrected chi connectivity index (χ1v) is 8.77. The molecule has 3 unspecified atom stereocenters. The summed E-state index contributed by atoms with van der Waals surface area (Å²) in [6.07, 6.45) is 3.30. The molecule has 1 aliphatic heterocycles. The first-order valence-electron chi connectivity index (χ1n) is 8.77. The summed E-state index contributed by atoms with van der Waals surface area (Å²) in [5.74, 6) is 2.94. The number of rotatable bonds is 3. The van der Waals surface area contributed by atoms with E-state index in [0.29, 0.717) is 30.5 Å². The van der Waals surface area contributed by atoms with E-state index in [9.17, 15) is 0 Å². The number of aromatic nitrogens is 1. The molecule has 2 N–H and O–H groups in total. The molecule has 0 amide bonds. The summed E-state index contributed by atoms with van der Waals surface area (Å²) in [5.41, 5.74) is 0.0970. The molecule has 0 bridgehead atoms. The molecule has 0 spiro atoms. The second-order valence-electron chi connectivity index (χ2n) is 8.48. The maximum Gasteiger partial charge on any atom is 0.213 e. The molecule has 0 radical (unpaired) electrons. The Morgan fingerprint density at radius 2 is 2.17 bits per heavy atom. The van der Waals surface area contributed by atoms with Crippen molar-refractivity contribution in [3.8, 4) is 0 Å². The second kappa shape index (κ2) is 6.06. The van der Waals surface area contributed by atoms with Gasteiger partial charge in [0.25, 0.3) is 0 Å². The van der Waals surface area contributed by atoms with Crippen LogP contribution in [-0.4, -0.2) is 36.7 Å². The zero-order valence-corrected chi connectivity index (χ0v) is 15.6. The van der Waals surface area contributed by atoms with Gasteiger partial charge in [0.15, 0.2) is 5.96 Å². The van der Waals surface area contributed by atoms with Crippen LogP contribution in [0, 0.1) is 11.3 Å². The van der Waals surface area contributed by atoms with E-state index in [0.717, 1.165) is 24.7 Å². The van der Waals surface area contributed by atoms with Crippen LogP contribution in [0.4, 0.5) is 0 Å². The predicted octanol–water partition coefficient (Wildman–Crippen LogP) is 2.45. The Balaban J connectivity index is 1.57. The molecule has 2 aliphatic rings. The minimum atomic E-state index is -0.0292. The smallest absolute Gasteiger partial charge is 0.213 e. The Hall–Kier alpha value is -1.56. The van der Waals surface area contributed by atoms with Crippen LogP contribution in [0.15, 0.2) is 15.6 Å². The first kappa shape index (κ1) is 17.3. The van der Waals surface area contributed by atoms with Gasteiger partial charge in [0, 0.05) is 36.4 Å². The summed E-state index contributed by atoms with van der Waals surface area (Å²) in [5, 5.41) is 6.87. The van der Waals surface area contributed by atoms with Crippen molar-refractivity contribution in [2.24, 2.45) is 16.3 Å². The van der Waals surface area contributed by atoms with Gasteiger partial charge in [0.05, 0.1) is 18.8 Å². The summed E-state index contributed by atoms with van der Waals surface area (Å²) >= 11 is 0. The fraction of sp³-hybridized carbons (Fsp3) is 0.778. The van der Waals surface area contributed by atoms with Crippen LogP contribution in [-0.2, 0) is 16.7 Å². The lowest BCUT2D eigenvalue weighted by molar-refractivity contribution is -0.106. The van der Waals surface area contributed by atoms with Crippen LogP contribution in [0.5, 0.6) is 0 Å². The average Bonchev–Trinajstić information content (AvgIpc) is 3.14. The van der Waals surface area contributed by atoms with Crippen molar-refractivity contribution in [2.75, 3.05) is 13.7 Å². The molecule has 24 heavy (non-hydrogen) atoms. The lowest BCUT2D eigenvalue weighted by Crippen LogP contribution is -2.67. The van der Waals surface area contributed by atoms with Gasteiger partial charge >= 0.3 is 0 Å². The van der Waals surface area contributed by atoms with E-state index in [1.165, 1.54) is 0 Å². The monoisotopic (exact) mass is 334 g/mol. The van der Waals surface area contributed by atoms with E-state index in [4.69, 9.17) is 9.15 Å². The summed E-state index contributed by atoms with van der Waals surface area (Å²) < 4.78 is 11.7. The number of guanidine groups is 1. The Kier molecular flexibility index (Phi) is 4.36. The van der Waals surface area contributed by atoms with Gasteiger partial charge in [-0.2, -0.15) is 0 Å². The number of hydrogen-bond acceptors (Lipinski definition) is 4. The van der Waals surface area contributed by atoms with Crippen molar-refractivity contribution in [1.82, 2.24) is 15.6 Å². The summed E-state index contributed by atoms with van der Waals surface area (Å²) in [7, 11) is 1.79. The highest BCUT2D eigenvalue weighted by molar-refractivity contribution is 5.80. The molecule has 3 rings (SSSR count). The predicted molar refractivity (Wildman–Crippen MR) is 94.0 cm³/mol. The lowest BCUT2D eigenvalue weighted by atomic mass is 9.57. The minimum absolute atomic E-state index is 0.0292. The van der Waals surface area contributed by atoms with Crippen LogP contribution >= 0.6 is 0 Å². The van der Waals surface area contributed by atoms with E-state index in [1.807, 2.05) is 6.20 Å². The van der Waals surface area contributed by atoms with Crippen molar-refractivity contribution >= 4 is 5.96 Å². The zero-order valence-electron chi connectivity index (χ0n) is 15.6. The van der Waals surface area contributed by atoms with Crippen LogP contribution < -0.4 is 10.6 Å². The summed E-state index contributed by atoms with van der Waals surface area (Å²) in [6.45, 7) is 12.3. The molecule has 0 aromatic carbocycles. The van der Waals surface area contributed by atoms with Crippen molar-refractivity contribution in [2.45, 2.75) is 65.1 Å². The van der Waals surface area contributed by atoms with Gasteiger partial charge in [0.1, 0.15) is 5.76 Å². The molecule has 1 aliphatic carbocycles. The molecule has 1 aromatic heterocycles.